The maximum Gasteiger partial charge on any atom is 0.331 e. The monoisotopic (exact) mass is 347 g/mol. The molecule has 134 valence electrons. The maximum atomic E-state index is 12.4. The number of carbonyl (C=O) groups excluding carboxylic acids is 2. The minimum Gasteiger partial charge on any atom is -0.497 e. The number of nitriles is 1. The van der Waals surface area contributed by atoms with E-state index in [9.17, 15) is 14.7 Å². The fourth-order valence-electron chi connectivity index (χ4n) is 2.57. The van der Waals surface area contributed by atoms with Crippen molar-refractivity contribution in [2.45, 2.75) is 44.6 Å². The molecule has 1 fully saturated rings. The van der Waals surface area contributed by atoms with E-state index >= 15 is 0 Å². The van der Waals surface area contributed by atoms with E-state index < -0.39 is 35.8 Å². The first kappa shape index (κ1) is 18.5. The Morgan fingerprint density at radius 2 is 1.96 bits per heavy atom. The average molecular weight is 347 g/mol. The Kier molecular flexibility index (Phi) is 5.18. The van der Waals surface area contributed by atoms with E-state index in [0.717, 1.165) is 0 Å². The quantitative estimate of drug-likeness (QED) is 0.625. The molecule has 1 aromatic carbocycles. The minimum atomic E-state index is -1.57. The number of urea groups is 1. The molecule has 8 heteroatoms. The van der Waals surface area contributed by atoms with Gasteiger partial charge in [-0.25, -0.2) is 9.59 Å². The summed E-state index contributed by atoms with van der Waals surface area (Å²) in [5, 5.41) is 21.7. The summed E-state index contributed by atoms with van der Waals surface area (Å²) in [6.45, 7) is 5.08. The molecule has 2 rings (SSSR count). The number of rotatable bonds is 4. The molecule has 0 saturated carbocycles. The number of aliphatic hydroxyl groups is 1. The number of hydrogen-bond acceptors (Lipinski definition) is 6. The molecular weight excluding hydrogens is 326 g/mol. The Hall–Kier alpha value is -2.79. The molecule has 1 saturated heterocycles. The minimum absolute atomic E-state index is 0.420. The summed E-state index contributed by atoms with van der Waals surface area (Å²) in [4.78, 5) is 26.0. The number of carbonyl (C=O) groups is 2. The highest BCUT2D eigenvalue weighted by Crippen LogP contribution is 2.28. The number of ether oxygens (including phenoxy) is 2. The second-order valence-corrected chi connectivity index (χ2v) is 6.59. The van der Waals surface area contributed by atoms with Crippen molar-refractivity contribution in [3.63, 3.8) is 0 Å². The summed E-state index contributed by atoms with van der Waals surface area (Å²) in [7, 11) is 1.51. The molecule has 0 aromatic heterocycles. The van der Waals surface area contributed by atoms with Gasteiger partial charge in [0.25, 0.3) is 0 Å². The van der Waals surface area contributed by atoms with Crippen LogP contribution in [0.2, 0.25) is 0 Å². The highest BCUT2D eigenvalue weighted by atomic mass is 16.6. The standard InChI is InChI=1S/C17H21N3O5/c1-17(2,3)25-15(22)13-14(12(21)9-18)20(16(23)19-13)10-5-7-11(24-4)8-6-10/h5-8,12-14,21H,1-4H3,(H,19,23)/t12?,13-,14+/m0/s1. The van der Waals surface area contributed by atoms with Gasteiger partial charge in [0.15, 0.2) is 12.1 Å². The second kappa shape index (κ2) is 6.99. The van der Waals surface area contributed by atoms with Crippen LogP contribution in [0.5, 0.6) is 5.75 Å². The van der Waals surface area contributed by atoms with Crippen LogP contribution in [-0.4, -0.2) is 48.0 Å². The lowest BCUT2D eigenvalue weighted by Crippen LogP contribution is -2.50. The summed E-state index contributed by atoms with van der Waals surface area (Å²) < 4.78 is 10.4. The van der Waals surface area contributed by atoms with Crippen molar-refractivity contribution in [1.82, 2.24) is 5.32 Å². The maximum absolute atomic E-state index is 12.4. The van der Waals surface area contributed by atoms with Gasteiger partial charge in [0.05, 0.1) is 13.2 Å². The lowest BCUT2D eigenvalue weighted by Gasteiger charge is -2.28. The van der Waals surface area contributed by atoms with Gasteiger partial charge >= 0.3 is 12.0 Å². The van der Waals surface area contributed by atoms with Crippen LogP contribution in [0.3, 0.4) is 0 Å². The molecule has 1 unspecified atom stereocenters. The summed E-state index contributed by atoms with van der Waals surface area (Å²) in [5.41, 5.74) is -0.346. The Labute approximate surface area is 145 Å². The van der Waals surface area contributed by atoms with Crippen molar-refractivity contribution < 1.29 is 24.2 Å². The normalized spacial score (nSPS) is 21.3. The highest BCUT2D eigenvalue weighted by Gasteiger charge is 2.49. The number of benzene rings is 1. The Morgan fingerprint density at radius 3 is 2.44 bits per heavy atom. The van der Waals surface area contributed by atoms with Crippen molar-refractivity contribution >= 4 is 17.7 Å². The molecule has 1 aliphatic rings. The van der Waals surface area contributed by atoms with Crippen molar-refractivity contribution in [3.8, 4) is 11.8 Å². The topological polar surface area (TPSA) is 112 Å². The van der Waals surface area contributed by atoms with Crippen LogP contribution in [-0.2, 0) is 9.53 Å². The predicted molar refractivity (Wildman–Crippen MR) is 89.0 cm³/mol. The molecule has 1 heterocycles. The van der Waals surface area contributed by atoms with E-state index in [1.807, 2.05) is 0 Å². The SMILES string of the molecule is COc1ccc(N2C(=O)N[C@H](C(=O)OC(C)(C)C)[C@H]2C(O)C#N)cc1. The van der Waals surface area contributed by atoms with Gasteiger partial charge in [-0.2, -0.15) is 5.26 Å². The van der Waals surface area contributed by atoms with Gasteiger partial charge in [0.1, 0.15) is 17.4 Å². The summed E-state index contributed by atoms with van der Waals surface area (Å²) >= 11 is 0. The highest BCUT2D eigenvalue weighted by molar-refractivity contribution is 6.00. The molecule has 1 aliphatic heterocycles. The Bertz CT molecular complexity index is 690. The number of methoxy groups -OCH3 is 1. The van der Waals surface area contributed by atoms with Crippen molar-refractivity contribution in [2.75, 3.05) is 12.0 Å². The number of anilines is 1. The molecule has 0 aliphatic carbocycles. The largest absolute Gasteiger partial charge is 0.497 e. The van der Waals surface area contributed by atoms with Gasteiger partial charge in [0.2, 0.25) is 0 Å². The van der Waals surface area contributed by atoms with Gasteiger partial charge < -0.3 is 19.9 Å². The number of aliphatic hydroxyl groups excluding tert-OH is 1. The van der Waals surface area contributed by atoms with E-state index in [4.69, 9.17) is 14.7 Å². The fraction of sp³-hybridized carbons (Fsp3) is 0.471. The lowest BCUT2D eigenvalue weighted by atomic mass is 10.0. The van der Waals surface area contributed by atoms with Gasteiger partial charge in [-0.3, -0.25) is 4.90 Å². The third kappa shape index (κ3) is 4.00. The van der Waals surface area contributed by atoms with E-state index in [2.05, 4.69) is 5.32 Å². The van der Waals surface area contributed by atoms with E-state index in [0.29, 0.717) is 11.4 Å². The predicted octanol–water partition coefficient (Wildman–Crippen LogP) is 1.19. The van der Waals surface area contributed by atoms with Crippen molar-refractivity contribution in [2.24, 2.45) is 0 Å². The first-order chi connectivity index (χ1) is 11.7. The van der Waals surface area contributed by atoms with Crippen LogP contribution in [0.25, 0.3) is 0 Å². The van der Waals surface area contributed by atoms with Crippen LogP contribution >= 0.6 is 0 Å². The first-order valence-corrected chi connectivity index (χ1v) is 7.72. The number of nitrogens with zero attached hydrogens (tertiary/aromatic N) is 2. The summed E-state index contributed by atoms with van der Waals surface area (Å²) in [6, 6.07) is 5.30. The van der Waals surface area contributed by atoms with E-state index in [1.165, 1.54) is 12.0 Å². The second-order valence-electron chi connectivity index (χ2n) is 6.59. The summed E-state index contributed by atoms with van der Waals surface area (Å²) in [5.74, 6) is -0.124. The van der Waals surface area contributed by atoms with Gasteiger partial charge in [0, 0.05) is 5.69 Å². The van der Waals surface area contributed by atoms with Gasteiger partial charge in [-0.05, 0) is 45.0 Å². The average Bonchev–Trinajstić information content (AvgIpc) is 2.90. The zero-order chi connectivity index (χ0) is 18.8. The molecule has 0 bridgehead atoms. The zero-order valence-corrected chi connectivity index (χ0v) is 14.5. The zero-order valence-electron chi connectivity index (χ0n) is 14.5. The molecule has 0 spiro atoms. The van der Waals surface area contributed by atoms with Crippen LogP contribution in [0, 0.1) is 11.3 Å². The third-order valence-electron chi connectivity index (χ3n) is 3.60. The Balaban J connectivity index is 2.36. The molecule has 3 atom stereocenters. The van der Waals surface area contributed by atoms with Crippen LogP contribution in [0.1, 0.15) is 20.8 Å². The number of esters is 1. The van der Waals surface area contributed by atoms with Crippen molar-refractivity contribution in [3.05, 3.63) is 24.3 Å². The molecule has 0 radical (unpaired) electrons. The van der Waals surface area contributed by atoms with Gasteiger partial charge in [-0.15, -0.1) is 0 Å². The number of amides is 2. The molecule has 2 amide bonds. The fourth-order valence-corrected chi connectivity index (χ4v) is 2.57. The first-order valence-electron chi connectivity index (χ1n) is 7.72. The van der Waals surface area contributed by atoms with Crippen LogP contribution in [0.15, 0.2) is 24.3 Å². The van der Waals surface area contributed by atoms with E-state index in [-0.39, 0.29) is 0 Å². The molecule has 1 aromatic rings. The molecule has 8 nitrogen and oxygen atoms in total. The molecule has 25 heavy (non-hydrogen) atoms. The number of nitrogens with one attached hydrogen (secondary N) is 1. The Morgan fingerprint density at radius 1 is 1.36 bits per heavy atom. The van der Waals surface area contributed by atoms with E-state index in [1.54, 1.807) is 51.1 Å². The molecule has 2 N–H and O–H groups in total. The summed E-state index contributed by atoms with van der Waals surface area (Å²) in [6.07, 6.45) is -1.57. The van der Waals surface area contributed by atoms with Crippen molar-refractivity contribution in [1.29, 1.82) is 5.26 Å². The van der Waals surface area contributed by atoms with Crippen LogP contribution in [0.4, 0.5) is 10.5 Å². The molecular formula is C17H21N3O5. The lowest BCUT2D eigenvalue weighted by molar-refractivity contribution is -0.157. The van der Waals surface area contributed by atoms with Gasteiger partial charge in [-0.1, -0.05) is 0 Å². The van der Waals surface area contributed by atoms with Crippen LogP contribution < -0.4 is 15.0 Å². The smallest absolute Gasteiger partial charge is 0.331 e. The third-order valence-corrected chi connectivity index (χ3v) is 3.60. The number of hydrogen-bond donors (Lipinski definition) is 2.